The van der Waals surface area contributed by atoms with Crippen molar-refractivity contribution in [2.45, 2.75) is 45.1 Å². The van der Waals surface area contributed by atoms with Crippen molar-refractivity contribution in [3.8, 4) is 11.3 Å². The standard InChI is InChI=1S/C23H23BrN2O/c1-15-12-17(24)13-19-20(23(27)25-18-10-6-3-7-11-18)14-21(26-22(15)19)16-8-4-2-5-9-16/h2,4-5,8-9,12-14,18H,3,6-7,10-11H2,1H3,(H,25,27). The highest BCUT2D eigenvalue weighted by Gasteiger charge is 2.20. The zero-order valence-corrected chi connectivity index (χ0v) is 17.1. The molecule has 0 radical (unpaired) electrons. The molecule has 4 heteroatoms. The predicted octanol–water partition coefficient (Wildman–Crippen LogP) is 6.04. The van der Waals surface area contributed by atoms with E-state index < -0.39 is 0 Å². The second kappa shape index (κ2) is 7.81. The fraction of sp³-hybridized carbons (Fsp3) is 0.304. The molecule has 3 nitrogen and oxygen atoms in total. The summed E-state index contributed by atoms with van der Waals surface area (Å²) in [5.41, 5.74) is 4.50. The van der Waals surface area contributed by atoms with Gasteiger partial charge in [0.05, 0.1) is 16.8 Å². The summed E-state index contributed by atoms with van der Waals surface area (Å²) >= 11 is 3.57. The zero-order chi connectivity index (χ0) is 18.8. The van der Waals surface area contributed by atoms with Gasteiger partial charge in [0, 0.05) is 21.5 Å². The van der Waals surface area contributed by atoms with Gasteiger partial charge >= 0.3 is 0 Å². The number of aromatic nitrogens is 1. The van der Waals surface area contributed by atoms with Gasteiger partial charge in [-0.25, -0.2) is 4.98 Å². The van der Waals surface area contributed by atoms with E-state index in [0.717, 1.165) is 45.0 Å². The average molecular weight is 423 g/mol. The van der Waals surface area contributed by atoms with E-state index >= 15 is 0 Å². The van der Waals surface area contributed by atoms with Crippen LogP contribution in [0.5, 0.6) is 0 Å². The lowest BCUT2D eigenvalue weighted by molar-refractivity contribution is 0.0929. The van der Waals surface area contributed by atoms with Crippen molar-refractivity contribution in [2.75, 3.05) is 0 Å². The fourth-order valence-electron chi connectivity index (χ4n) is 3.91. The van der Waals surface area contributed by atoms with Gasteiger partial charge in [-0.3, -0.25) is 4.79 Å². The van der Waals surface area contributed by atoms with Crippen LogP contribution in [0.15, 0.2) is 53.0 Å². The van der Waals surface area contributed by atoms with Gasteiger partial charge in [-0.15, -0.1) is 0 Å². The van der Waals surface area contributed by atoms with E-state index in [1.807, 2.05) is 55.5 Å². The number of hydrogen-bond donors (Lipinski definition) is 1. The number of benzene rings is 2. The van der Waals surface area contributed by atoms with Gasteiger partial charge in [-0.2, -0.15) is 0 Å². The molecule has 1 N–H and O–H groups in total. The summed E-state index contributed by atoms with van der Waals surface area (Å²) in [6.45, 7) is 2.04. The fourth-order valence-corrected chi connectivity index (χ4v) is 4.48. The molecule has 1 fully saturated rings. The quantitative estimate of drug-likeness (QED) is 0.559. The average Bonchev–Trinajstić information content (AvgIpc) is 2.68. The molecule has 0 aliphatic heterocycles. The third-order valence-electron chi connectivity index (χ3n) is 5.32. The summed E-state index contributed by atoms with van der Waals surface area (Å²) in [4.78, 5) is 18.1. The maximum Gasteiger partial charge on any atom is 0.252 e. The number of nitrogens with zero attached hydrogens (tertiary/aromatic N) is 1. The molecule has 2 aromatic carbocycles. The normalized spacial score (nSPS) is 15.0. The number of amides is 1. The SMILES string of the molecule is Cc1cc(Br)cc2c(C(=O)NC3CCCCC3)cc(-c3ccccc3)nc12. The van der Waals surface area contributed by atoms with Crippen LogP contribution in [0.1, 0.15) is 48.0 Å². The highest BCUT2D eigenvalue weighted by atomic mass is 79.9. The van der Waals surface area contributed by atoms with Gasteiger partial charge in [-0.05, 0) is 43.5 Å². The number of hydrogen-bond acceptors (Lipinski definition) is 2. The third kappa shape index (κ3) is 3.91. The van der Waals surface area contributed by atoms with Crippen LogP contribution in [0, 0.1) is 6.92 Å². The molecule has 27 heavy (non-hydrogen) atoms. The summed E-state index contributed by atoms with van der Waals surface area (Å²) in [7, 11) is 0. The van der Waals surface area contributed by atoms with Crippen molar-refractivity contribution >= 4 is 32.7 Å². The molecule has 1 aliphatic carbocycles. The number of fused-ring (bicyclic) bond motifs is 1. The van der Waals surface area contributed by atoms with Crippen LogP contribution in [0.4, 0.5) is 0 Å². The minimum Gasteiger partial charge on any atom is -0.349 e. The predicted molar refractivity (Wildman–Crippen MR) is 114 cm³/mol. The Balaban J connectivity index is 1.82. The molecule has 0 spiro atoms. The monoisotopic (exact) mass is 422 g/mol. The zero-order valence-electron chi connectivity index (χ0n) is 15.5. The van der Waals surface area contributed by atoms with Gasteiger partial charge in [0.15, 0.2) is 0 Å². The number of nitrogens with one attached hydrogen (secondary N) is 1. The van der Waals surface area contributed by atoms with E-state index in [9.17, 15) is 4.79 Å². The van der Waals surface area contributed by atoms with Crippen molar-refractivity contribution in [1.29, 1.82) is 0 Å². The molecule has 1 aromatic heterocycles. The summed E-state index contributed by atoms with van der Waals surface area (Å²) in [6, 6.07) is 16.3. The van der Waals surface area contributed by atoms with Crippen LogP contribution >= 0.6 is 15.9 Å². The number of rotatable bonds is 3. The lowest BCUT2D eigenvalue weighted by atomic mass is 9.95. The van der Waals surface area contributed by atoms with Crippen molar-refractivity contribution in [3.63, 3.8) is 0 Å². The van der Waals surface area contributed by atoms with Gasteiger partial charge in [-0.1, -0.05) is 65.5 Å². The van der Waals surface area contributed by atoms with Gasteiger partial charge < -0.3 is 5.32 Å². The number of pyridine rings is 1. The Hall–Kier alpha value is -2.20. The molecular formula is C23H23BrN2O. The summed E-state index contributed by atoms with van der Waals surface area (Å²) in [6.07, 6.45) is 5.81. The smallest absolute Gasteiger partial charge is 0.252 e. The summed E-state index contributed by atoms with van der Waals surface area (Å²) in [5, 5.41) is 4.16. The molecule has 0 atom stereocenters. The summed E-state index contributed by atoms with van der Waals surface area (Å²) in [5.74, 6) is 0.00369. The van der Waals surface area contributed by atoms with Crippen molar-refractivity contribution < 1.29 is 4.79 Å². The molecule has 138 valence electrons. The van der Waals surface area contributed by atoms with Crippen molar-refractivity contribution in [2.24, 2.45) is 0 Å². The van der Waals surface area contributed by atoms with Crippen LogP contribution in [0.25, 0.3) is 22.2 Å². The van der Waals surface area contributed by atoms with E-state index in [1.165, 1.54) is 19.3 Å². The minimum atomic E-state index is 0.00369. The van der Waals surface area contributed by atoms with Crippen LogP contribution < -0.4 is 5.32 Å². The molecule has 1 heterocycles. The lowest BCUT2D eigenvalue weighted by Gasteiger charge is -2.23. The highest BCUT2D eigenvalue weighted by molar-refractivity contribution is 9.10. The van der Waals surface area contributed by atoms with E-state index in [-0.39, 0.29) is 11.9 Å². The van der Waals surface area contributed by atoms with Crippen LogP contribution in [0.2, 0.25) is 0 Å². The van der Waals surface area contributed by atoms with Gasteiger partial charge in [0.25, 0.3) is 5.91 Å². The largest absolute Gasteiger partial charge is 0.349 e. The van der Waals surface area contributed by atoms with E-state index in [0.29, 0.717) is 5.56 Å². The Morgan fingerprint density at radius 2 is 1.81 bits per heavy atom. The Morgan fingerprint density at radius 3 is 2.56 bits per heavy atom. The minimum absolute atomic E-state index is 0.00369. The van der Waals surface area contributed by atoms with E-state index in [4.69, 9.17) is 4.98 Å². The summed E-state index contributed by atoms with van der Waals surface area (Å²) < 4.78 is 0.966. The molecule has 0 unspecified atom stereocenters. The number of halogens is 1. The molecule has 3 aromatic rings. The topological polar surface area (TPSA) is 42.0 Å². The number of carbonyl (C=O) groups excluding carboxylic acids is 1. The van der Waals surface area contributed by atoms with Crippen molar-refractivity contribution in [1.82, 2.24) is 10.3 Å². The first kappa shape index (κ1) is 18.2. The molecule has 4 rings (SSSR count). The van der Waals surface area contributed by atoms with Crippen LogP contribution in [-0.4, -0.2) is 16.9 Å². The lowest BCUT2D eigenvalue weighted by Crippen LogP contribution is -2.36. The molecular weight excluding hydrogens is 400 g/mol. The molecule has 0 bridgehead atoms. The number of aryl methyl sites for hydroxylation is 1. The maximum absolute atomic E-state index is 13.2. The first-order valence-electron chi connectivity index (χ1n) is 9.59. The molecule has 1 amide bonds. The number of carbonyl (C=O) groups is 1. The Morgan fingerprint density at radius 1 is 1.07 bits per heavy atom. The second-order valence-electron chi connectivity index (χ2n) is 7.35. The van der Waals surface area contributed by atoms with Crippen LogP contribution in [0.3, 0.4) is 0 Å². The Labute approximate surface area is 168 Å². The molecule has 1 saturated carbocycles. The first-order chi connectivity index (χ1) is 13.1. The van der Waals surface area contributed by atoms with E-state index in [2.05, 4.69) is 21.2 Å². The second-order valence-corrected chi connectivity index (χ2v) is 8.26. The van der Waals surface area contributed by atoms with Crippen molar-refractivity contribution in [3.05, 3.63) is 64.1 Å². The van der Waals surface area contributed by atoms with E-state index in [1.54, 1.807) is 0 Å². The Kier molecular flexibility index (Phi) is 5.26. The van der Waals surface area contributed by atoms with Crippen LogP contribution in [-0.2, 0) is 0 Å². The maximum atomic E-state index is 13.2. The molecule has 0 saturated heterocycles. The van der Waals surface area contributed by atoms with Gasteiger partial charge in [0.1, 0.15) is 0 Å². The Bertz CT molecular complexity index is 979. The highest BCUT2D eigenvalue weighted by Crippen LogP contribution is 2.30. The third-order valence-corrected chi connectivity index (χ3v) is 5.78. The molecule has 1 aliphatic rings. The van der Waals surface area contributed by atoms with Gasteiger partial charge in [0.2, 0.25) is 0 Å². The first-order valence-corrected chi connectivity index (χ1v) is 10.4.